The van der Waals surface area contributed by atoms with Crippen LogP contribution in [0, 0.1) is 5.92 Å². The molecule has 1 aliphatic heterocycles. The summed E-state index contributed by atoms with van der Waals surface area (Å²) in [6.07, 6.45) is 53.2. The molecule has 1 atom stereocenters. The number of hydrogen-bond acceptors (Lipinski definition) is 2. The molecule has 0 amide bonds. The van der Waals surface area contributed by atoms with Gasteiger partial charge in [-0.3, -0.25) is 0 Å². The number of unbranched alkanes of at least 4 members (excludes halogenated alkanes) is 31. The van der Waals surface area contributed by atoms with Crippen LogP contribution in [0.15, 0.2) is 12.4 Å². The molecule has 268 valence electrons. The lowest BCUT2D eigenvalue weighted by Crippen LogP contribution is -2.43. The molecule has 0 fully saturated rings. The summed E-state index contributed by atoms with van der Waals surface area (Å²) in [5, 5.41) is 0. The van der Waals surface area contributed by atoms with Crippen LogP contribution in [-0.4, -0.2) is 29.1 Å². The van der Waals surface area contributed by atoms with Gasteiger partial charge in [0, 0.05) is 25.5 Å². The van der Waals surface area contributed by atoms with Crippen molar-refractivity contribution in [2.24, 2.45) is 5.92 Å². The normalized spacial score (nSPS) is 14.9. The van der Waals surface area contributed by atoms with Gasteiger partial charge in [0.2, 0.25) is 0 Å². The molecular formula is C43H86N2. The summed E-state index contributed by atoms with van der Waals surface area (Å²) < 4.78 is 0. The Hall–Kier alpha value is -0.660. The highest BCUT2D eigenvalue weighted by Gasteiger charge is 2.28. The third-order valence-corrected chi connectivity index (χ3v) is 10.5. The van der Waals surface area contributed by atoms with Crippen LogP contribution in [0.25, 0.3) is 0 Å². The van der Waals surface area contributed by atoms with Gasteiger partial charge < -0.3 is 9.80 Å². The van der Waals surface area contributed by atoms with Gasteiger partial charge in [0.15, 0.2) is 0 Å². The molecule has 1 unspecified atom stereocenters. The van der Waals surface area contributed by atoms with E-state index in [9.17, 15) is 0 Å². The minimum Gasteiger partial charge on any atom is -0.356 e. The highest BCUT2D eigenvalue weighted by molar-refractivity contribution is 4.98. The SMILES string of the molecule is CCCCCCCCCCCCCCCCCCCN1C=CN(CCCCCCCCCCCCCCCCCC)C1C(C)C. The largest absolute Gasteiger partial charge is 0.356 e. The average Bonchev–Trinajstić information content (AvgIpc) is 3.45. The highest BCUT2D eigenvalue weighted by Crippen LogP contribution is 2.24. The van der Waals surface area contributed by atoms with Gasteiger partial charge >= 0.3 is 0 Å². The van der Waals surface area contributed by atoms with Crippen LogP contribution in [0.2, 0.25) is 0 Å². The summed E-state index contributed by atoms with van der Waals surface area (Å²) >= 11 is 0. The second-order valence-corrected chi connectivity index (χ2v) is 15.4. The van der Waals surface area contributed by atoms with Crippen molar-refractivity contribution in [2.45, 2.75) is 246 Å². The lowest BCUT2D eigenvalue weighted by atomic mass is 10.0. The van der Waals surface area contributed by atoms with E-state index >= 15 is 0 Å². The molecule has 0 aromatic carbocycles. The maximum atomic E-state index is 2.66. The fourth-order valence-corrected chi connectivity index (χ4v) is 7.58. The molecule has 0 bridgehead atoms. The van der Waals surface area contributed by atoms with E-state index in [1.165, 1.54) is 225 Å². The van der Waals surface area contributed by atoms with Crippen molar-refractivity contribution in [1.29, 1.82) is 0 Å². The van der Waals surface area contributed by atoms with E-state index in [-0.39, 0.29) is 0 Å². The van der Waals surface area contributed by atoms with E-state index in [4.69, 9.17) is 0 Å². The quantitative estimate of drug-likeness (QED) is 0.0635. The van der Waals surface area contributed by atoms with Gasteiger partial charge in [0.25, 0.3) is 0 Å². The van der Waals surface area contributed by atoms with Crippen LogP contribution in [0.5, 0.6) is 0 Å². The van der Waals surface area contributed by atoms with Crippen LogP contribution in [0.1, 0.15) is 240 Å². The topological polar surface area (TPSA) is 6.48 Å². The zero-order chi connectivity index (χ0) is 32.5. The standard InChI is InChI=1S/C43H86N2/c1-5-7-9-11-13-15-17-19-21-23-25-27-29-31-33-35-37-39-45-41-40-44(43(45)42(3)4)38-36-34-32-30-28-26-24-22-20-18-16-14-12-10-8-6-2/h40-43H,5-39H2,1-4H3. The van der Waals surface area contributed by atoms with Crippen LogP contribution in [0.4, 0.5) is 0 Å². The van der Waals surface area contributed by atoms with Gasteiger partial charge in [-0.2, -0.15) is 0 Å². The molecule has 0 spiro atoms. The van der Waals surface area contributed by atoms with Crippen molar-refractivity contribution in [1.82, 2.24) is 9.80 Å². The lowest BCUT2D eigenvalue weighted by molar-refractivity contribution is 0.104. The maximum Gasteiger partial charge on any atom is 0.103 e. The summed E-state index contributed by atoms with van der Waals surface area (Å²) in [6.45, 7) is 11.9. The number of nitrogens with zero attached hydrogens (tertiary/aromatic N) is 2. The molecule has 45 heavy (non-hydrogen) atoms. The van der Waals surface area contributed by atoms with E-state index in [0.29, 0.717) is 12.1 Å². The fraction of sp³-hybridized carbons (Fsp3) is 0.953. The Kier molecular flexibility index (Phi) is 31.3. The Balaban J connectivity index is 1.91. The molecule has 1 aliphatic rings. The summed E-state index contributed by atoms with van der Waals surface area (Å²) in [4.78, 5) is 5.31. The molecular weight excluding hydrogens is 544 g/mol. The van der Waals surface area contributed by atoms with Crippen molar-refractivity contribution < 1.29 is 0 Å². The maximum absolute atomic E-state index is 2.66. The minimum absolute atomic E-state index is 0.586. The van der Waals surface area contributed by atoms with Gasteiger partial charge in [0.05, 0.1) is 0 Å². The molecule has 2 nitrogen and oxygen atoms in total. The van der Waals surface area contributed by atoms with Gasteiger partial charge in [-0.25, -0.2) is 0 Å². The summed E-state index contributed by atoms with van der Waals surface area (Å²) in [5.74, 6) is 0.687. The Morgan fingerprint density at radius 3 is 0.733 bits per heavy atom. The highest BCUT2D eigenvalue weighted by atomic mass is 15.4. The number of hydrogen-bond donors (Lipinski definition) is 0. The monoisotopic (exact) mass is 631 g/mol. The third kappa shape index (κ3) is 26.0. The molecule has 0 aliphatic carbocycles. The first kappa shape index (κ1) is 42.4. The molecule has 2 heteroatoms. The Labute approximate surface area is 286 Å². The Bertz CT molecular complexity index is 599. The lowest BCUT2D eigenvalue weighted by Gasteiger charge is -2.36. The van der Waals surface area contributed by atoms with Crippen LogP contribution in [0.3, 0.4) is 0 Å². The third-order valence-electron chi connectivity index (χ3n) is 10.5. The van der Waals surface area contributed by atoms with Crippen molar-refractivity contribution in [3.63, 3.8) is 0 Å². The Morgan fingerprint density at radius 1 is 0.333 bits per heavy atom. The van der Waals surface area contributed by atoms with Crippen LogP contribution < -0.4 is 0 Å². The first-order chi connectivity index (χ1) is 22.2. The van der Waals surface area contributed by atoms with E-state index in [1.807, 2.05) is 0 Å². The van der Waals surface area contributed by atoms with E-state index in [2.05, 4.69) is 49.9 Å². The zero-order valence-electron chi connectivity index (χ0n) is 32.0. The van der Waals surface area contributed by atoms with Crippen LogP contribution >= 0.6 is 0 Å². The average molecular weight is 631 g/mol. The fourth-order valence-electron chi connectivity index (χ4n) is 7.58. The van der Waals surface area contributed by atoms with Gasteiger partial charge in [-0.15, -0.1) is 0 Å². The molecule has 0 aromatic heterocycles. The summed E-state index contributed by atoms with van der Waals surface area (Å²) in [6, 6.07) is 0. The molecule has 1 rings (SSSR count). The van der Waals surface area contributed by atoms with E-state index < -0.39 is 0 Å². The van der Waals surface area contributed by atoms with E-state index in [1.54, 1.807) is 0 Å². The van der Waals surface area contributed by atoms with E-state index in [0.717, 1.165) is 0 Å². The molecule has 0 N–H and O–H groups in total. The second kappa shape index (κ2) is 33.2. The first-order valence-electron chi connectivity index (χ1n) is 21.4. The van der Waals surface area contributed by atoms with Gasteiger partial charge in [-0.05, 0) is 18.8 Å². The molecule has 1 heterocycles. The predicted octanol–water partition coefficient (Wildman–Crippen LogP) is 15.0. The summed E-state index contributed by atoms with van der Waals surface area (Å²) in [5.41, 5.74) is 0. The van der Waals surface area contributed by atoms with Crippen molar-refractivity contribution in [2.75, 3.05) is 13.1 Å². The van der Waals surface area contributed by atoms with Gasteiger partial charge in [-0.1, -0.05) is 227 Å². The number of rotatable bonds is 36. The second-order valence-electron chi connectivity index (χ2n) is 15.4. The summed E-state index contributed by atoms with van der Waals surface area (Å²) in [7, 11) is 0. The Morgan fingerprint density at radius 2 is 0.533 bits per heavy atom. The smallest absolute Gasteiger partial charge is 0.103 e. The molecule has 0 saturated carbocycles. The molecule has 0 aromatic rings. The first-order valence-corrected chi connectivity index (χ1v) is 21.4. The van der Waals surface area contributed by atoms with Gasteiger partial charge in [0.1, 0.15) is 6.17 Å². The zero-order valence-corrected chi connectivity index (χ0v) is 32.0. The molecule has 0 radical (unpaired) electrons. The van der Waals surface area contributed by atoms with Crippen molar-refractivity contribution in [3.8, 4) is 0 Å². The van der Waals surface area contributed by atoms with Crippen molar-refractivity contribution >= 4 is 0 Å². The minimum atomic E-state index is 0.586. The van der Waals surface area contributed by atoms with Crippen molar-refractivity contribution in [3.05, 3.63) is 12.4 Å². The molecule has 0 saturated heterocycles. The predicted molar refractivity (Wildman–Crippen MR) is 205 cm³/mol. The van der Waals surface area contributed by atoms with Crippen LogP contribution in [-0.2, 0) is 0 Å².